The van der Waals surface area contributed by atoms with Gasteiger partial charge in [-0.2, -0.15) is 0 Å². The third-order valence-electron chi connectivity index (χ3n) is 4.78. The van der Waals surface area contributed by atoms with Crippen molar-refractivity contribution in [3.63, 3.8) is 0 Å². The van der Waals surface area contributed by atoms with E-state index in [1.165, 1.54) is 6.92 Å². The van der Waals surface area contributed by atoms with Crippen molar-refractivity contribution in [2.24, 2.45) is 0 Å². The van der Waals surface area contributed by atoms with Crippen molar-refractivity contribution in [1.29, 1.82) is 0 Å². The number of carbonyl (C=O) groups is 1. The van der Waals surface area contributed by atoms with Crippen molar-refractivity contribution in [1.82, 2.24) is 5.32 Å². The average Bonchev–Trinajstić information content (AvgIpc) is 2.76. The molecule has 162 valence electrons. The second kappa shape index (κ2) is 9.25. The Morgan fingerprint density at radius 3 is 2.57 bits per heavy atom. The summed E-state index contributed by atoms with van der Waals surface area (Å²) in [5, 5.41) is 2.85. The van der Waals surface area contributed by atoms with Gasteiger partial charge in [0.1, 0.15) is 25.5 Å². The van der Waals surface area contributed by atoms with Crippen LogP contribution >= 0.6 is 0 Å². The van der Waals surface area contributed by atoms with Gasteiger partial charge in [0.25, 0.3) is 0 Å². The standard InChI is InChI=1S/C21H26N2O6S/c1-4-30(25,26)23(16-9-10-19-20(13-16)29-12-11-28-19)14-21(24)22-15(2)17-7-5-6-8-18(17)27-3/h5-10,13,15H,4,11-12,14H2,1-3H3,(H,22,24). The number of para-hydroxylation sites is 1. The molecule has 1 heterocycles. The Balaban J connectivity index is 1.81. The summed E-state index contributed by atoms with van der Waals surface area (Å²) in [5.41, 5.74) is 1.15. The Labute approximate surface area is 176 Å². The third-order valence-corrected chi connectivity index (χ3v) is 6.53. The van der Waals surface area contributed by atoms with Gasteiger partial charge in [-0.05, 0) is 32.0 Å². The number of hydrogen-bond donors (Lipinski definition) is 1. The number of nitrogens with one attached hydrogen (secondary N) is 1. The molecule has 0 saturated carbocycles. The third kappa shape index (κ3) is 4.79. The predicted octanol–water partition coefficient (Wildman–Crippen LogP) is 2.50. The van der Waals surface area contributed by atoms with E-state index in [0.29, 0.717) is 36.1 Å². The first-order chi connectivity index (χ1) is 14.4. The minimum absolute atomic E-state index is 0.142. The number of nitrogens with zero attached hydrogens (tertiary/aromatic N) is 1. The highest BCUT2D eigenvalue weighted by atomic mass is 32.2. The van der Waals surface area contributed by atoms with Gasteiger partial charge in [-0.1, -0.05) is 18.2 Å². The molecule has 9 heteroatoms. The minimum Gasteiger partial charge on any atom is -0.496 e. The Morgan fingerprint density at radius 1 is 1.17 bits per heavy atom. The predicted molar refractivity (Wildman–Crippen MR) is 114 cm³/mol. The molecular formula is C21H26N2O6S. The van der Waals surface area contributed by atoms with Crippen LogP contribution in [0.4, 0.5) is 5.69 Å². The lowest BCUT2D eigenvalue weighted by molar-refractivity contribution is -0.120. The van der Waals surface area contributed by atoms with Gasteiger partial charge in [0.2, 0.25) is 15.9 Å². The van der Waals surface area contributed by atoms with Crippen LogP contribution in [-0.2, 0) is 14.8 Å². The molecule has 1 atom stereocenters. The van der Waals surface area contributed by atoms with Crippen LogP contribution in [0.1, 0.15) is 25.5 Å². The van der Waals surface area contributed by atoms with Crippen LogP contribution in [0.5, 0.6) is 17.2 Å². The quantitative estimate of drug-likeness (QED) is 0.686. The number of fused-ring (bicyclic) bond motifs is 1. The Bertz CT molecular complexity index is 1010. The smallest absolute Gasteiger partial charge is 0.241 e. The SMILES string of the molecule is CCS(=O)(=O)N(CC(=O)NC(C)c1ccccc1OC)c1ccc2c(c1)OCCO2. The number of sulfonamides is 1. The zero-order valence-electron chi connectivity index (χ0n) is 17.3. The van der Waals surface area contributed by atoms with Gasteiger partial charge in [0.05, 0.1) is 24.6 Å². The average molecular weight is 435 g/mol. The van der Waals surface area contributed by atoms with Gasteiger partial charge in [-0.3, -0.25) is 9.10 Å². The van der Waals surface area contributed by atoms with Crippen molar-refractivity contribution < 1.29 is 27.4 Å². The second-order valence-corrected chi connectivity index (χ2v) is 8.95. The summed E-state index contributed by atoms with van der Waals surface area (Å²) in [7, 11) is -2.14. The highest BCUT2D eigenvalue weighted by Gasteiger charge is 2.26. The number of benzene rings is 2. The van der Waals surface area contributed by atoms with Gasteiger partial charge in [0.15, 0.2) is 11.5 Å². The summed E-state index contributed by atoms with van der Waals surface area (Å²) in [5.74, 6) is 1.08. The molecule has 2 aromatic carbocycles. The van der Waals surface area contributed by atoms with E-state index in [0.717, 1.165) is 9.87 Å². The zero-order chi connectivity index (χ0) is 21.7. The molecule has 0 spiro atoms. The highest BCUT2D eigenvalue weighted by molar-refractivity contribution is 7.92. The van der Waals surface area contributed by atoms with Crippen LogP contribution in [0.25, 0.3) is 0 Å². The summed E-state index contributed by atoms with van der Waals surface area (Å²) in [4.78, 5) is 12.7. The summed E-state index contributed by atoms with van der Waals surface area (Å²) in [6.07, 6.45) is 0. The van der Waals surface area contributed by atoms with Crippen LogP contribution in [0, 0.1) is 0 Å². The molecule has 1 aliphatic heterocycles. The molecule has 1 unspecified atom stereocenters. The fourth-order valence-electron chi connectivity index (χ4n) is 3.21. The van der Waals surface area contributed by atoms with Crippen molar-refractivity contribution in [2.75, 3.05) is 36.9 Å². The van der Waals surface area contributed by atoms with Gasteiger partial charge in [-0.15, -0.1) is 0 Å². The molecule has 0 saturated heterocycles. The zero-order valence-corrected chi connectivity index (χ0v) is 18.1. The number of hydrogen-bond acceptors (Lipinski definition) is 6. The maximum Gasteiger partial charge on any atom is 0.241 e. The van der Waals surface area contributed by atoms with E-state index in [9.17, 15) is 13.2 Å². The maximum atomic E-state index is 12.7. The van der Waals surface area contributed by atoms with E-state index in [1.54, 1.807) is 31.4 Å². The molecule has 1 amide bonds. The first kappa shape index (κ1) is 21.8. The van der Waals surface area contributed by atoms with Crippen molar-refractivity contribution >= 4 is 21.6 Å². The fraction of sp³-hybridized carbons (Fsp3) is 0.381. The van der Waals surface area contributed by atoms with E-state index < -0.39 is 15.9 Å². The van der Waals surface area contributed by atoms with E-state index in [2.05, 4.69) is 5.32 Å². The Kier molecular flexibility index (Phi) is 6.71. The molecular weight excluding hydrogens is 408 g/mol. The summed E-state index contributed by atoms with van der Waals surface area (Å²) >= 11 is 0. The molecule has 0 aliphatic carbocycles. The number of amides is 1. The van der Waals surface area contributed by atoms with E-state index in [1.807, 2.05) is 25.1 Å². The Hall–Kier alpha value is -2.94. The number of carbonyl (C=O) groups excluding carboxylic acids is 1. The molecule has 1 N–H and O–H groups in total. The number of ether oxygens (including phenoxy) is 3. The van der Waals surface area contributed by atoms with Crippen LogP contribution in [0.15, 0.2) is 42.5 Å². The van der Waals surface area contributed by atoms with Gasteiger partial charge >= 0.3 is 0 Å². The van der Waals surface area contributed by atoms with E-state index in [4.69, 9.17) is 14.2 Å². The van der Waals surface area contributed by atoms with Crippen LogP contribution < -0.4 is 23.8 Å². The summed E-state index contributed by atoms with van der Waals surface area (Å²) < 4.78 is 42.9. The van der Waals surface area contributed by atoms with Gasteiger partial charge in [-0.25, -0.2) is 8.42 Å². The minimum atomic E-state index is -3.70. The molecule has 0 fully saturated rings. The first-order valence-corrected chi connectivity index (χ1v) is 11.3. The van der Waals surface area contributed by atoms with Crippen molar-refractivity contribution in [2.45, 2.75) is 19.9 Å². The largest absolute Gasteiger partial charge is 0.496 e. The lowest BCUT2D eigenvalue weighted by Crippen LogP contribution is -2.42. The summed E-state index contributed by atoms with van der Waals surface area (Å²) in [6.45, 7) is 3.82. The van der Waals surface area contributed by atoms with Gasteiger partial charge in [0, 0.05) is 11.6 Å². The molecule has 0 bridgehead atoms. The van der Waals surface area contributed by atoms with Crippen molar-refractivity contribution in [3.8, 4) is 17.2 Å². The Morgan fingerprint density at radius 2 is 1.87 bits per heavy atom. The van der Waals surface area contributed by atoms with Crippen LogP contribution in [0.3, 0.4) is 0 Å². The lowest BCUT2D eigenvalue weighted by Gasteiger charge is -2.26. The molecule has 0 radical (unpaired) electrons. The highest BCUT2D eigenvalue weighted by Crippen LogP contribution is 2.35. The first-order valence-electron chi connectivity index (χ1n) is 9.68. The molecule has 0 aromatic heterocycles. The monoisotopic (exact) mass is 434 g/mol. The maximum absolute atomic E-state index is 12.7. The topological polar surface area (TPSA) is 94.2 Å². The van der Waals surface area contributed by atoms with Crippen LogP contribution in [-0.4, -0.2) is 46.9 Å². The van der Waals surface area contributed by atoms with E-state index in [-0.39, 0.29) is 18.3 Å². The molecule has 1 aliphatic rings. The lowest BCUT2D eigenvalue weighted by atomic mass is 10.1. The molecule has 8 nitrogen and oxygen atoms in total. The molecule has 30 heavy (non-hydrogen) atoms. The molecule has 3 rings (SSSR count). The van der Waals surface area contributed by atoms with Crippen molar-refractivity contribution in [3.05, 3.63) is 48.0 Å². The number of rotatable bonds is 8. The number of anilines is 1. The number of methoxy groups -OCH3 is 1. The van der Waals surface area contributed by atoms with Crippen LogP contribution in [0.2, 0.25) is 0 Å². The second-order valence-electron chi connectivity index (χ2n) is 6.77. The molecule has 2 aromatic rings. The normalized spacial score (nSPS) is 14.0. The fourth-order valence-corrected chi connectivity index (χ4v) is 4.27. The van der Waals surface area contributed by atoms with E-state index >= 15 is 0 Å². The summed E-state index contributed by atoms with van der Waals surface area (Å²) in [6, 6.07) is 11.8. The van der Waals surface area contributed by atoms with Gasteiger partial charge < -0.3 is 19.5 Å².